The molecule has 70 valence electrons. The molecule has 0 amide bonds. The zero-order valence-corrected chi connectivity index (χ0v) is 8.08. The van der Waals surface area contributed by atoms with Crippen molar-refractivity contribution >= 4 is 17.6 Å². The molecule has 1 aromatic rings. The van der Waals surface area contributed by atoms with E-state index < -0.39 is 11.9 Å². The SMILES string of the molecule is CCC(C(=O)O)c1ccccc1Cl. The highest BCUT2D eigenvalue weighted by molar-refractivity contribution is 6.31. The quantitative estimate of drug-likeness (QED) is 0.811. The maximum atomic E-state index is 10.8. The van der Waals surface area contributed by atoms with Crippen molar-refractivity contribution in [2.75, 3.05) is 0 Å². The fourth-order valence-electron chi connectivity index (χ4n) is 1.29. The Bertz CT molecular complexity index is 310. The molecule has 0 radical (unpaired) electrons. The molecule has 1 aromatic carbocycles. The van der Waals surface area contributed by atoms with Gasteiger partial charge in [-0.15, -0.1) is 0 Å². The third kappa shape index (κ3) is 2.22. The number of rotatable bonds is 3. The van der Waals surface area contributed by atoms with Crippen LogP contribution in [0.25, 0.3) is 0 Å². The summed E-state index contributed by atoms with van der Waals surface area (Å²) >= 11 is 5.88. The number of carboxylic acid groups (broad SMARTS) is 1. The maximum Gasteiger partial charge on any atom is 0.311 e. The van der Waals surface area contributed by atoms with Gasteiger partial charge in [-0.3, -0.25) is 4.79 Å². The Kier molecular flexibility index (Phi) is 3.32. The first-order valence-corrected chi connectivity index (χ1v) is 4.51. The molecular formula is C10H11ClO2. The van der Waals surface area contributed by atoms with Crippen LogP contribution in [0.1, 0.15) is 24.8 Å². The Labute approximate surface area is 82.2 Å². The highest BCUT2D eigenvalue weighted by Gasteiger charge is 2.19. The van der Waals surface area contributed by atoms with Crippen LogP contribution in [0.4, 0.5) is 0 Å². The largest absolute Gasteiger partial charge is 0.481 e. The second kappa shape index (κ2) is 4.28. The Balaban J connectivity index is 3.04. The lowest BCUT2D eigenvalue weighted by atomic mass is 9.97. The summed E-state index contributed by atoms with van der Waals surface area (Å²) in [5, 5.41) is 9.42. The van der Waals surface area contributed by atoms with Gasteiger partial charge in [0.15, 0.2) is 0 Å². The molecule has 3 heteroatoms. The van der Waals surface area contributed by atoms with Crippen molar-refractivity contribution in [1.29, 1.82) is 0 Å². The number of hydrogen-bond acceptors (Lipinski definition) is 1. The average molecular weight is 199 g/mol. The second-order valence-corrected chi connectivity index (χ2v) is 3.23. The lowest BCUT2D eigenvalue weighted by Gasteiger charge is -2.11. The molecule has 13 heavy (non-hydrogen) atoms. The molecule has 0 aliphatic heterocycles. The van der Waals surface area contributed by atoms with Crippen LogP contribution >= 0.6 is 11.6 Å². The second-order valence-electron chi connectivity index (χ2n) is 2.82. The molecule has 0 spiro atoms. The summed E-state index contributed by atoms with van der Waals surface area (Å²) in [7, 11) is 0. The Morgan fingerprint density at radius 2 is 2.15 bits per heavy atom. The highest BCUT2D eigenvalue weighted by Crippen LogP contribution is 2.26. The van der Waals surface area contributed by atoms with Gasteiger partial charge in [0.2, 0.25) is 0 Å². The average Bonchev–Trinajstić information content (AvgIpc) is 2.09. The van der Waals surface area contributed by atoms with Crippen LogP contribution in [-0.2, 0) is 4.79 Å². The zero-order chi connectivity index (χ0) is 9.84. The minimum Gasteiger partial charge on any atom is -0.481 e. The van der Waals surface area contributed by atoms with Crippen molar-refractivity contribution < 1.29 is 9.90 Å². The smallest absolute Gasteiger partial charge is 0.311 e. The predicted molar refractivity (Wildman–Crippen MR) is 52.1 cm³/mol. The maximum absolute atomic E-state index is 10.8. The van der Waals surface area contributed by atoms with E-state index in [1.165, 1.54) is 0 Å². The molecule has 0 aliphatic carbocycles. The van der Waals surface area contributed by atoms with Gasteiger partial charge in [-0.2, -0.15) is 0 Å². The van der Waals surface area contributed by atoms with Gasteiger partial charge in [0.1, 0.15) is 0 Å². The van der Waals surface area contributed by atoms with Gasteiger partial charge in [0.05, 0.1) is 5.92 Å². The van der Waals surface area contributed by atoms with Crippen molar-refractivity contribution in [3.8, 4) is 0 Å². The summed E-state index contributed by atoms with van der Waals surface area (Å²) in [5.74, 6) is -1.32. The first kappa shape index (κ1) is 10.1. The minimum absolute atomic E-state index is 0.492. The van der Waals surface area contributed by atoms with E-state index in [9.17, 15) is 4.79 Å². The van der Waals surface area contributed by atoms with E-state index in [-0.39, 0.29) is 0 Å². The van der Waals surface area contributed by atoms with Gasteiger partial charge in [0, 0.05) is 5.02 Å². The van der Waals surface area contributed by atoms with E-state index in [1.807, 2.05) is 6.92 Å². The van der Waals surface area contributed by atoms with Crippen LogP contribution in [0.2, 0.25) is 5.02 Å². The third-order valence-corrected chi connectivity index (χ3v) is 2.33. The van der Waals surface area contributed by atoms with Crippen LogP contribution in [-0.4, -0.2) is 11.1 Å². The summed E-state index contributed by atoms with van der Waals surface area (Å²) < 4.78 is 0. The number of hydrogen-bond donors (Lipinski definition) is 1. The third-order valence-electron chi connectivity index (χ3n) is 1.99. The number of benzene rings is 1. The standard InChI is InChI=1S/C10H11ClO2/c1-2-7(10(12)13)8-5-3-4-6-9(8)11/h3-7H,2H2,1H3,(H,12,13). The van der Waals surface area contributed by atoms with Crippen LogP contribution in [0.5, 0.6) is 0 Å². The van der Waals surface area contributed by atoms with Crippen molar-refractivity contribution in [2.45, 2.75) is 19.3 Å². The van der Waals surface area contributed by atoms with Gasteiger partial charge in [-0.1, -0.05) is 36.7 Å². The Morgan fingerprint density at radius 1 is 1.54 bits per heavy atom. The number of carboxylic acids is 1. The van der Waals surface area contributed by atoms with Gasteiger partial charge in [-0.25, -0.2) is 0 Å². The topological polar surface area (TPSA) is 37.3 Å². The summed E-state index contributed by atoms with van der Waals surface area (Å²) in [6.45, 7) is 1.84. The molecule has 0 bridgehead atoms. The van der Waals surface area contributed by atoms with E-state index in [1.54, 1.807) is 24.3 Å². The zero-order valence-electron chi connectivity index (χ0n) is 7.33. The molecule has 0 aromatic heterocycles. The predicted octanol–water partition coefficient (Wildman–Crippen LogP) is 2.92. The first-order valence-electron chi connectivity index (χ1n) is 4.14. The first-order chi connectivity index (χ1) is 6.16. The van der Waals surface area contributed by atoms with E-state index in [0.717, 1.165) is 0 Å². The summed E-state index contributed by atoms with van der Waals surface area (Å²) in [5.41, 5.74) is 0.694. The molecule has 2 nitrogen and oxygen atoms in total. The Hall–Kier alpha value is -1.02. The van der Waals surface area contributed by atoms with Crippen molar-refractivity contribution in [2.24, 2.45) is 0 Å². The summed E-state index contributed by atoms with van der Waals surface area (Å²) in [6, 6.07) is 7.06. The molecule has 1 atom stereocenters. The molecule has 0 heterocycles. The molecule has 0 saturated heterocycles. The fraction of sp³-hybridized carbons (Fsp3) is 0.300. The molecule has 0 fully saturated rings. The number of halogens is 1. The van der Waals surface area contributed by atoms with Gasteiger partial charge in [0.25, 0.3) is 0 Å². The lowest BCUT2D eigenvalue weighted by molar-refractivity contribution is -0.138. The normalized spacial score (nSPS) is 12.5. The van der Waals surface area contributed by atoms with Crippen LogP contribution < -0.4 is 0 Å². The summed E-state index contributed by atoms with van der Waals surface area (Å²) in [4.78, 5) is 10.8. The van der Waals surface area contributed by atoms with Crippen molar-refractivity contribution in [1.82, 2.24) is 0 Å². The molecule has 0 aliphatic rings. The molecular weight excluding hydrogens is 188 g/mol. The van der Waals surface area contributed by atoms with E-state index >= 15 is 0 Å². The van der Waals surface area contributed by atoms with E-state index in [2.05, 4.69) is 0 Å². The van der Waals surface area contributed by atoms with Crippen LogP contribution in [0, 0.1) is 0 Å². The fourth-order valence-corrected chi connectivity index (χ4v) is 1.55. The highest BCUT2D eigenvalue weighted by atomic mass is 35.5. The van der Waals surface area contributed by atoms with E-state index in [4.69, 9.17) is 16.7 Å². The molecule has 1 unspecified atom stereocenters. The summed E-state index contributed by atoms with van der Waals surface area (Å²) in [6.07, 6.45) is 0.555. The minimum atomic E-state index is -0.824. The molecule has 0 saturated carbocycles. The van der Waals surface area contributed by atoms with E-state index in [0.29, 0.717) is 17.0 Å². The molecule has 1 rings (SSSR count). The van der Waals surface area contributed by atoms with Gasteiger partial charge < -0.3 is 5.11 Å². The molecule has 1 N–H and O–H groups in total. The Morgan fingerprint density at radius 3 is 2.62 bits per heavy atom. The number of aliphatic carboxylic acids is 1. The van der Waals surface area contributed by atoms with Crippen molar-refractivity contribution in [3.63, 3.8) is 0 Å². The lowest BCUT2D eigenvalue weighted by Crippen LogP contribution is -2.10. The van der Waals surface area contributed by atoms with Crippen LogP contribution in [0.3, 0.4) is 0 Å². The number of carbonyl (C=O) groups is 1. The van der Waals surface area contributed by atoms with Crippen molar-refractivity contribution in [3.05, 3.63) is 34.9 Å². The van der Waals surface area contributed by atoms with Gasteiger partial charge in [-0.05, 0) is 18.1 Å². The van der Waals surface area contributed by atoms with Gasteiger partial charge >= 0.3 is 5.97 Å². The van der Waals surface area contributed by atoms with Crippen LogP contribution in [0.15, 0.2) is 24.3 Å². The monoisotopic (exact) mass is 198 g/mol.